The van der Waals surface area contributed by atoms with Crippen LogP contribution in [0.4, 0.5) is 23.2 Å². The van der Waals surface area contributed by atoms with Crippen LogP contribution in [0.3, 0.4) is 0 Å². The quantitative estimate of drug-likeness (QED) is 0.461. The van der Waals surface area contributed by atoms with Gasteiger partial charge in [-0.1, -0.05) is 40.2 Å². The highest BCUT2D eigenvalue weighted by Gasteiger charge is 2.34. The fourth-order valence-electron chi connectivity index (χ4n) is 3.49. The number of hydrogen-bond acceptors (Lipinski definition) is 2. The molecule has 3 aromatic rings. The lowest BCUT2D eigenvalue weighted by molar-refractivity contribution is -0.137. The van der Waals surface area contributed by atoms with Crippen LogP contribution in [-0.4, -0.2) is 11.8 Å². The molecule has 0 fully saturated rings. The summed E-state index contributed by atoms with van der Waals surface area (Å²) >= 11 is 3.44. The third-order valence-corrected chi connectivity index (χ3v) is 5.59. The molecule has 2 amide bonds. The summed E-state index contributed by atoms with van der Waals surface area (Å²) < 4.78 is 53.4. The summed E-state index contributed by atoms with van der Waals surface area (Å²) in [7, 11) is 0. The minimum atomic E-state index is -4.80. The van der Waals surface area contributed by atoms with E-state index < -0.39 is 35.1 Å². The van der Waals surface area contributed by atoms with Gasteiger partial charge in [-0.15, -0.1) is 0 Å². The summed E-state index contributed by atoms with van der Waals surface area (Å²) in [5.41, 5.74) is 0.0216. The third kappa shape index (κ3) is 4.05. The van der Waals surface area contributed by atoms with Crippen molar-refractivity contribution in [2.45, 2.75) is 12.2 Å². The number of carbonyl (C=O) groups excluding carboxylic acids is 2. The zero-order chi connectivity index (χ0) is 22.3. The molecule has 1 unspecified atom stereocenters. The van der Waals surface area contributed by atoms with Gasteiger partial charge in [0.25, 0.3) is 11.8 Å². The van der Waals surface area contributed by atoms with Gasteiger partial charge in [0.15, 0.2) is 0 Å². The molecule has 4 rings (SSSR count). The number of anilines is 1. The molecular weight excluding hydrogens is 480 g/mol. The third-order valence-electron chi connectivity index (χ3n) is 4.87. The lowest BCUT2D eigenvalue weighted by atomic mass is 9.96. The molecule has 0 spiro atoms. The van der Waals surface area contributed by atoms with Crippen molar-refractivity contribution in [1.82, 2.24) is 5.32 Å². The van der Waals surface area contributed by atoms with E-state index in [0.717, 1.165) is 16.1 Å². The molecule has 0 aliphatic carbocycles. The van der Waals surface area contributed by atoms with Crippen LogP contribution >= 0.6 is 15.9 Å². The van der Waals surface area contributed by atoms with Gasteiger partial charge in [0, 0.05) is 26.9 Å². The zero-order valence-electron chi connectivity index (χ0n) is 15.6. The van der Waals surface area contributed by atoms with E-state index in [0.29, 0.717) is 23.3 Å². The molecule has 0 bridgehead atoms. The van der Waals surface area contributed by atoms with Crippen molar-refractivity contribution in [2.75, 3.05) is 5.32 Å². The molecule has 2 N–H and O–H groups in total. The van der Waals surface area contributed by atoms with Crippen LogP contribution in [0, 0.1) is 5.82 Å². The molecule has 1 aliphatic heterocycles. The van der Waals surface area contributed by atoms with Gasteiger partial charge in [0.2, 0.25) is 0 Å². The van der Waals surface area contributed by atoms with Gasteiger partial charge in [0.05, 0.1) is 11.6 Å². The molecule has 4 nitrogen and oxygen atoms in total. The molecular formula is C22H13BrF4N2O2. The van der Waals surface area contributed by atoms with Crippen LogP contribution in [0.15, 0.2) is 65.1 Å². The van der Waals surface area contributed by atoms with Crippen molar-refractivity contribution >= 4 is 33.4 Å². The van der Waals surface area contributed by atoms with E-state index in [-0.39, 0.29) is 11.6 Å². The Kier molecular flexibility index (Phi) is 5.30. The first-order valence-corrected chi connectivity index (χ1v) is 9.82. The Morgan fingerprint density at radius 2 is 1.77 bits per heavy atom. The zero-order valence-corrected chi connectivity index (χ0v) is 17.1. The second-order valence-electron chi connectivity index (χ2n) is 6.88. The Morgan fingerprint density at radius 3 is 2.48 bits per heavy atom. The first-order chi connectivity index (χ1) is 14.6. The lowest BCUT2D eigenvalue weighted by Gasteiger charge is -2.18. The Morgan fingerprint density at radius 1 is 1.03 bits per heavy atom. The van der Waals surface area contributed by atoms with E-state index in [2.05, 4.69) is 26.6 Å². The average molecular weight is 493 g/mol. The molecule has 0 aromatic heterocycles. The highest BCUT2D eigenvalue weighted by Crippen LogP contribution is 2.39. The maximum atomic E-state index is 13.7. The van der Waals surface area contributed by atoms with Crippen LogP contribution in [-0.2, 0) is 6.18 Å². The van der Waals surface area contributed by atoms with E-state index in [1.54, 1.807) is 36.4 Å². The van der Waals surface area contributed by atoms with Gasteiger partial charge in [-0.3, -0.25) is 9.59 Å². The number of benzene rings is 3. The van der Waals surface area contributed by atoms with E-state index in [9.17, 15) is 27.2 Å². The summed E-state index contributed by atoms with van der Waals surface area (Å²) in [4.78, 5) is 25.1. The predicted octanol–water partition coefficient (Wildman–Crippen LogP) is 5.69. The van der Waals surface area contributed by atoms with Crippen molar-refractivity contribution in [3.8, 4) is 0 Å². The number of carbonyl (C=O) groups is 2. The van der Waals surface area contributed by atoms with Crippen molar-refractivity contribution < 1.29 is 27.2 Å². The van der Waals surface area contributed by atoms with Crippen molar-refractivity contribution in [3.63, 3.8) is 0 Å². The van der Waals surface area contributed by atoms with E-state index >= 15 is 0 Å². The Labute approximate surface area is 182 Å². The predicted molar refractivity (Wildman–Crippen MR) is 109 cm³/mol. The Balaban J connectivity index is 1.74. The van der Waals surface area contributed by atoms with Gasteiger partial charge in [0.1, 0.15) is 5.82 Å². The standard InChI is InChI=1S/C22H13BrF4N2O2/c23-16-6-2-1-4-14(16)19-18-15(21(31)29-19)5-3-7-17(18)28-20(30)11-8-12(22(25,26)27)10-13(24)9-11/h1-10,19H,(H,28,30)(H,29,31). The van der Waals surface area contributed by atoms with E-state index in [4.69, 9.17) is 0 Å². The Hall–Kier alpha value is -3.20. The smallest absolute Gasteiger partial charge is 0.341 e. The van der Waals surface area contributed by atoms with E-state index in [1.165, 1.54) is 6.07 Å². The lowest BCUT2D eigenvalue weighted by Crippen LogP contribution is -2.21. The van der Waals surface area contributed by atoms with Gasteiger partial charge < -0.3 is 10.6 Å². The highest BCUT2D eigenvalue weighted by atomic mass is 79.9. The summed E-state index contributed by atoms with van der Waals surface area (Å²) in [6.07, 6.45) is -4.80. The molecule has 1 aliphatic rings. The van der Waals surface area contributed by atoms with Crippen LogP contribution in [0.2, 0.25) is 0 Å². The van der Waals surface area contributed by atoms with Gasteiger partial charge in [-0.25, -0.2) is 4.39 Å². The van der Waals surface area contributed by atoms with Crippen LogP contribution in [0.5, 0.6) is 0 Å². The number of halogens is 5. The number of fused-ring (bicyclic) bond motifs is 1. The average Bonchev–Trinajstić information content (AvgIpc) is 3.05. The van der Waals surface area contributed by atoms with E-state index in [1.807, 2.05) is 0 Å². The highest BCUT2D eigenvalue weighted by molar-refractivity contribution is 9.10. The minimum Gasteiger partial charge on any atom is -0.341 e. The number of amides is 2. The molecule has 1 atom stereocenters. The number of alkyl halides is 3. The maximum Gasteiger partial charge on any atom is 0.416 e. The number of rotatable bonds is 3. The number of nitrogens with one attached hydrogen (secondary N) is 2. The molecule has 3 aromatic carbocycles. The summed E-state index contributed by atoms with van der Waals surface area (Å²) in [6, 6.07) is 12.9. The topological polar surface area (TPSA) is 58.2 Å². The summed E-state index contributed by atoms with van der Waals surface area (Å²) in [5.74, 6) is -2.46. The molecule has 31 heavy (non-hydrogen) atoms. The molecule has 1 heterocycles. The van der Waals surface area contributed by atoms with Crippen LogP contribution in [0.25, 0.3) is 0 Å². The van der Waals surface area contributed by atoms with Gasteiger partial charge in [-0.05, 0) is 42.0 Å². The molecule has 158 valence electrons. The van der Waals surface area contributed by atoms with Crippen molar-refractivity contribution in [1.29, 1.82) is 0 Å². The fraction of sp³-hybridized carbons (Fsp3) is 0.0909. The van der Waals surface area contributed by atoms with Crippen molar-refractivity contribution in [3.05, 3.63) is 98.8 Å². The largest absolute Gasteiger partial charge is 0.416 e. The molecule has 0 saturated heterocycles. The van der Waals surface area contributed by atoms with Gasteiger partial charge >= 0.3 is 6.18 Å². The van der Waals surface area contributed by atoms with Crippen LogP contribution < -0.4 is 10.6 Å². The second kappa shape index (κ2) is 7.81. The summed E-state index contributed by atoms with van der Waals surface area (Å²) in [5, 5.41) is 5.36. The number of hydrogen-bond donors (Lipinski definition) is 2. The fourth-order valence-corrected chi connectivity index (χ4v) is 4.00. The molecule has 0 radical (unpaired) electrons. The minimum absolute atomic E-state index is 0.236. The SMILES string of the molecule is O=C(Nc1cccc2c1C(c1ccccc1Br)NC2=O)c1cc(F)cc(C(F)(F)F)c1. The first-order valence-electron chi connectivity index (χ1n) is 9.02. The van der Waals surface area contributed by atoms with Crippen molar-refractivity contribution in [2.24, 2.45) is 0 Å². The molecule has 0 saturated carbocycles. The first kappa shape index (κ1) is 21.0. The maximum absolute atomic E-state index is 13.7. The Bertz CT molecular complexity index is 1210. The second-order valence-corrected chi connectivity index (χ2v) is 7.73. The summed E-state index contributed by atoms with van der Waals surface area (Å²) in [6.45, 7) is 0. The molecule has 9 heteroatoms. The monoisotopic (exact) mass is 492 g/mol. The van der Waals surface area contributed by atoms with Crippen LogP contribution in [0.1, 0.15) is 43.4 Å². The normalized spacial score (nSPS) is 15.4. The van der Waals surface area contributed by atoms with Gasteiger partial charge in [-0.2, -0.15) is 13.2 Å².